The first kappa shape index (κ1) is 21.2. The number of rotatable bonds is 13. The topological polar surface area (TPSA) is 60.0 Å². The maximum absolute atomic E-state index is 9.85. The third-order valence-corrected chi connectivity index (χ3v) is 3.90. The van der Waals surface area contributed by atoms with Crippen LogP contribution in [0.3, 0.4) is 0 Å². The van der Waals surface area contributed by atoms with Crippen molar-refractivity contribution in [1.29, 1.82) is 0 Å². The number of hydrogen-bond acceptors (Lipinski definition) is 5. The van der Waals surface area contributed by atoms with Gasteiger partial charge in [0, 0.05) is 12.6 Å². The zero-order valence-corrected chi connectivity index (χ0v) is 16.3. The summed E-state index contributed by atoms with van der Waals surface area (Å²) in [7, 11) is 0. The molecule has 0 aliphatic heterocycles. The third-order valence-electron chi connectivity index (χ3n) is 3.90. The summed E-state index contributed by atoms with van der Waals surface area (Å²) in [6.45, 7) is 6.61. The fourth-order valence-electron chi connectivity index (χ4n) is 2.41. The first-order valence-electron chi connectivity index (χ1n) is 9.52. The summed E-state index contributed by atoms with van der Waals surface area (Å²) in [4.78, 5) is 0. The quantitative estimate of drug-likeness (QED) is 0.529. The molecule has 0 aliphatic carbocycles. The van der Waals surface area contributed by atoms with Gasteiger partial charge in [0.15, 0.2) is 0 Å². The molecule has 1 unspecified atom stereocenters. The second-order valence-corrected chi connectivity index (χ2v) is 6.70. The molecule has 0 amide bonds. The Balaban J connectivity index is 1.56. The monoisotopic (exact) mass is 373 g/mol. The van der Waals surface area contributed by atoms with Gasteiger partial charge in [-0.25, -0.2) is 0 Å². The van der Waals surface area contributed by atoms with E-state index in [4.69, 9.17) is 14.2 Å². The average molecular weight is 373 g/mol. The molecule has 2 aromatic carbocycles. The summed E-state index contributed by atoms with van der Waals surface area (Å²) in [6, 6.07) is 18.0. The zero-order valence-electron chi connectivity index (χ0n) is 16.3. The van der Waals surface area contributed by atoms with Crippen LogP contribution in [0.15, 0.2) is 54.6 Å². The van der Waals surface area contributed by atoms with Gasteiger partial charge in [0.05, 0.1) is 13.2 Å². The van der Waals surface area contributed by atoms with Crippen LogP contribution in [0.1, 0.15) is 19.4 Å². The van der Waals surface area contributed by atoms with E-state index < -0.39 is 6.10 Å². The van der Waals surface area contributed by atoms with Gasteiger partial charge in [0.2, 0.25) is 0 Å². The van der Waals surface area contributed by atoms with E-state index in [1.165, 1.54) is 5.56 Å². The highest BCUT2D eigenvalue weighted by Gasteiger charge is 2.06. The molecule has 27 heavy (non-hydrogen) atoms. The van der Waals surface area contributed by atoms with Crippen molar-refractivity contribution in [2.75, 3.05) is 33.0 Å². The van der Waals surface area contributed by atoms with Crippen LogP contribution in [0.5, 0.6) is 11.5 Å². The Labute approximate surface area is 162 Å². The fraction of sp³-hybridized carbons (Fsp3) is 0.455. The average Bonchev–Trinajstić information content (AvgIpc) is 2.69. The third kappa shape index (κ3) is 9.43. The maximum atomic E-state index is 9.85. The van der Waals surface area contributed by atoms with E-state index in [1.54, 1.807) is 0 Å². The van der Waals surface area contributed by atoms with Gasteiger partial charge < -0.3 is 24.6 Å². The highest BCUT2D eigenvalue weighted by atomic mass is 16.5. The van der Waals surface area contributed by atoms with Crippen LogP contribution < -0.4 is 14.8 Å². The van der Waals surface area contributed by atoms with Crippen molar-refractivity contribution < 1.29 is 19.3 Å². The van der Waals surface area contributed by atoms with Gasteiger partial charge in [-0.05, 0) is 36.2 Å². The van der Waals surface area contributed by atoms with Gasteiger partial charge in [0.1, 0.15) is 30.8 Å². The van der Waals surface area contributed by atoms with E-state index >= 15 is 0 Å². The molecule has 0 heterocycles. The van der Waals surface area contributed by atoms with Crippen LogP contribution in [0.2, 0.25) is 0 Å². The van der Waals surface area contributed by atoms with Gasteiger partial charge in [-0.2, -0.15) is 0 Å². The van der Waals surface area contributed by atoms with Crippen LogP contribution in [-0.2, 0) is 11.2 Å². The molecule has 0 saturated heterocycles. The largest absolute Gasteiger partial charge is 0.491 e. The van der Waals surface area contributed by atoms with E-state index in [0.29, 0.717) is 38.2 Å². The Morgan fingerprint density at radius 3 is 2.19 bits per heavy atom. The molecule has 5 heteroatoms. The Morgan fingerprint density at radius 2 is 1.52 bits per heavy atom. The predicted octanol–water partition coefficient (Wildman–Crippen LogP) is 3.06. The maximum Gasteiger partial charge on any atom is 0.119 e. The summed E-state index contributed by atoms with van der Waals surface area (Å²) < 4.78 is 16.9. The van der Waals surface area contributed by atoms with Gasteiger partial charge in [-0.3, -0.25) is 0 Å². The number of nitrogens with one attached hydrogen (secondary N) is 1. The molecular weight excluding hydrogens is 342 g/mol. The zero-order chi connectivity index (χ0) is 19.3. The summed E-state index contributed by atoms with van der Waals surface area (Å²) in [6.07, 6.45) is 0.377. The van der Waals surface area contributed by atoms with Crippen molar-refractivity contribution in [3.8, 4) is 11.5 Å². The van der Waals surface area contributed by atoms with E-state index in [2.05, 4.69) is 17.4 Å². The first-order chi connectivity index (χ1) is 13.1. The van der Waals surface area contributed by atoms with E-state index in [-0.39, 0.29) is 6.61 Å². The molecule has 0 bridgehead atoms. The van der Waals surface area contributed by atoms with Gasteiger partial charge in [0.25, 0.3) is 0 Å². The summed E-state index contributed by atoms with van der Waals surface area (Å²) >= 11 is 0. The minimum atomic E-state index is -0.531. The molecule has 2 aromatic rings. The van der Waals surface area contributed by atoms with E-state index in [1.807, 2.05) is 56.3 Å². The molecule has 5 nitrogen and oxygen atoms in total. The van der Waals surface area contributed by atoms with Crippen molar-refractivity contribution in [2.45, 2.75) is 32.4 Å². The molecule has 1 atom stereocenters. The highest BCUT2D eigenvalue weighted by Crippen LogP contribution is 2.17. The molecule has 0 radical (unpaired) electrons. The van der Waals surface area contributed by atoms with Crippen molar-refractivity contribution in [2.24, 2.45) is 0 Å². The lowest BCUT2D eigenvalue weighted by molar-refractivity contribution is 0.102. The normalized spacial score (nSPS) is 12.1. The predicted molar refractivity (Wildman–Crippen MR) is 108 cm³/mol. The molecule has 148 valence electrons. The van der Waals surface area contributed by atoms with Crippen LogP contribution in [-0.4, -0.2) is 50.2 Å². The molecule has 0 fully saturated rings. The van der Waals surface area contributed by atoms with Crippen LogP contribution in [0.4, 0.5) is 0 Å². The van der Waals surface area contributed by atoms with Crippen LogP contribution >= 0.6 is 0 Å². The fourth-order valence-corrected chi connectivity index (χ4v) is 2.41. The Bertz CT molecular complexity index is 616. The lowest BCUT2D eigenvalue weighted by Crippen LogP contribution is -2.35. The molecule has 0 spiro atoms. The SMILES string of the molecule is CC(C)NCC(O)COc1ccc(OCCOCCc2ccccc2)cc1. The minimum absolute atomic E-state index is 0.259. The molecule has 2 N–H and O–H groups in total. The molecule has 0 aliphatic rings. The van der Waals surface area contributed by atoms with Gasteiger partial charge >= 0.3 is 0 Å². The van der Waals surface area contributed by atoms with Gasteiger partial charge in [-0.15, -0.1) is 0 Å². The summed E-state index contributed by atoms with van der Waals surface area (Å²) in [5.74, 6) is 1.49. The minimum Gasteiger partial charge on any atom is -0.491 e. The Hall–Kier alpha value is -2.08. The van der Waals surface area contributed by atoms with E-state index in [9.17, 15) is 5.11 Å². The smallest absolute Gasteiger partial charge is 0.119 e. The summed E-state index contributed by atoms with van der Waals surface area (Å²) in [5, 5.41) is 13.0. The number of ether oxygens (including phenoxy) is 3. The molecule has 0 aromatic heterocycles. The van der Waals surface area contributed by atoms with Crippen molar-refractivity contribution in [3.63, 3.8) is 0 Å². The van der Waals surface area contributed by atoms with Crippen LogP contribution in [0, 0.1) is 0 Å². The Morgan fingerprint density at radius 1 is 0.852 bits per heavy atom. The first-order valence-corrected chi connectivity index (χ1v) is 9.52. The van der Waals surface area contributed by atoms with Crippen molar-refractivity contribution >= 4 is 0 Å². The number of hydrogen-bond donors (Lipinski definition) is 2. The number of benzene rings is 2. The van der Waals surface area contributed by atoms with Crippen LogP contribution in [0.25, 0.3) is 0 Å². The molecule has 0 saturated carbocycles. The standard InChI is InChI=1S/C22H31NO4/c1-18(2)23-16-20(24)17-27-22-10-8-21(9-11-22)26-15-14-25-13-12-19-6-4-3-5-7-19/h3-11,18,20,23-24H,12-17H2,1-2H3. The highest BCUT2D eigenvalue weighted by molar-refractivity contribution is 5.31. The lowest BCUT2D eigenvalue weighted by Gasteiger charge is -2.15. The van der Waals surface area contributed by atoms with E-state index in [0.717, 1.165) is 12.2 Å². The molecule has 2 rings (SSSR count). The summed E-state index contributed by atoms with van der Waals surface area (Å²) in [5.41, 5.74) is 1.28. The second-order valence-electron chi connectivity index (χ2n) is 6.70. The van der Waals surface area contributed by atoms with Gasteiger partial charge in [-0.1, -0.05) is 44.2 Å². The van der Waals surface area contributed by atoms with Crippen molar-refractivity contribution in [3.05, 3.63) is 60.2 Å². The second kappa shape index (κ2) is 12.3. The lowest BCUT2D eigenvalue weighted by atomic mass is 10.2. The Kier molecular flexibility index (Phi) is 9.69. The number of aliphatic hydroxyl groups excluding tert-OH is 1. The molecular formula is C22H31NO4. The number of aliphatic hydroxyl groups is 1. The van der Waals surface area contributed by atoms with Crippen molar-refractivity contribution in [1.82, 2.24) is 5.32 Å².